The zero-order valence-electron chi connectivity index (χ0n) is 20.2. The number of hydrogen-bond donors (Lipinski definition) is 1. The second kappa shape index (κ2) is 11.7. The molecule has 37 heavy (non-hydrogen) atoms. The number of likely N-dealkylation sites (N-methyl/N-ethyl adjacent to an activating group) is 1. The number of allylic oxidation sites excluding steroid dienone is 2. The van der Waals surface area contributed by atoms with Crippen molar-refractivity contribution in [2.24, 2.45) is 10.2 Å². The zero-order valence-corrected chi connectivity index (χ0v) is 21.3. The van der Waals surface area contributed by atoms with E-state index >= 15 is 0 Å². The molecule has 1 radical (unpaired) electrons. The van der Waals surface area contributed by atoms with Crippen molar-refractivity contribution in [2.45, 2.75) is 32.0 Å². The van der Waals surface area contributed by atoms with Crippen LogP contribution in [0.15, 0.2) is 101 Å². The molecule has 1 aliphatic rings. The van der Waals surface area contributed by atoms with E-state index in [-0.39, 0.29) is 28.4 Å². The Labute approximate surface area is 224 Å². The first kappa shape index (κ1) is 28.0. The number of ether oxygens (including phenoxy) is 1. The number of fused-ring (bicyclic) bond motifs is 1. The maximum atomic E-state index is 13.0. The Morgan fingerprint density at radius 1 is 1.03 bits per heavy atom. The molecule has 0 bridgehead atoms. The Hall–Kier alpha value is -3.56. The number of rotatable bonds is 7. The minimum atomic E-state index is -4.78. The molecule has 1 aliphatic heterocycles. The summed E-state index contributed by atoms with van der Waals surface area (Å²) in [5.74, 6) is -0.475. The topological polar surface area (TPSA) is 57.4 Å². The molecule has 0 spiro atoms. The van der Waals surface area contributed by atoms with Crippen LogP contribution in [0.4, 0.5) is 18.9 Å². The molecule has 1 N–H and O–H groups in total. The number of aliphatic hydroxyl groups excluding tert-OH is 1. The van der Waals surface area contributed by atoms with E-state index in [9.17, 15) is 18.3 Å². The molecule has 9 heteroatoms. The van der Waals surface area contributed by atoms with E-state index in [1.165, 1.54) is 18.3 Å². The second-order valence-electron chi connectivity index (χ2n) is 8.57. The van der Waals surface area contributed by atoms with Gasteiger partial charge in [-0.05, 0) is 67.8 Å². The van der Waals surface area contributed by atoms with Gasteiger partial charge >= 0.3 is 6.36 Å². The Bertz CT molecular complexity index is 1300. The zero-order chi connectivity index (χ0) is 25.8. The summed E-state index contributed by atoms with van der Waals surface area (Å²) in [4.78, 5) is 2.04. The van der Waals surface area contributed by atoms with Crippen LogP contribution >= 0.6 is 0 Å². The van der Waals surface area contributed by atoms with Crippen molar-refractivity contribution in [3.63, 3.8) is 0 Å². The van der Waals surface area contributed by atoms with Gasteiger partial charge in [0, 0.05) is 45.7 Å². The van der Waals surface area contributed by atoms with Gasteiger partial charge < -0.3 is 14.7 Å². The summed E-state index contributed by atoms with van der Waals surface area (Å²) < 4.78 is 43.1. The number of anilines is 1. The smallest absolute Gasteiger partial charge is 0.492 e. The standard InChI is InChI=1S/C28H26F3N3O2.Co/c1-3-34-24-15-14-22(36-28(29,30)31)18-23(24)27(2,19-20-10-6-4-7-11-20)25(34)16-17-32-33-26(35)21-12-8-5-9-13-21;/h4-18H,3,19H2,1-2H3,(H,33,35);/b25-16-,32-17+;. The van der Waals surface area contributed by atoms with Crippen molar-refractivity contribution in [2.75, 3.05) is 11.4 Å². The molecule has 0 aromatic heterocycles. The predicted molar refractivity (Wildman–Crippen MR) is 136 cm³/mol. The predicted octanol–water partition coefficient (Wildman–Crippen LogP) is 6.80. The minimum absolute atomic E-state index is 0. The average Bonchev–Trinajstić information content (AvgIpc) is 3.08. The molecule has 0 aliphatic carbocycles. The van der Waals surface area contributed by atoms with Crippen LogP contribution in [0.5, 0.6) is 5.75 Å². The molecule has 3 aromatic rings. The average molecular weight is 552 g/mol. The largest absolute Gasteiger partial charge is 0.573 e. The number of aliphatic hydroxyl groups is 1. The summed E-state index contributed by atoms with van der Waals surface area (Å²) in [5, 5.41) is 18.1. The maximum Gasteiger partial charge on any atom is 0.573 e. The molecule has 0 saturated carbocycles. The van der Waals surface area contributed by atoms with Crippen LogP contribution in [0, 0.1) is 0 Å². The quantitative estimate of drug-likeness (QED) is 0.199. The number of nitrogens with zero attached hydrogens (tertiary/aromatic N) is 3. The SMILES string of the molecule is CCN1\C(=C/C=N/N=C(\O)c2ccccc2)C(C)(Cc2ccccc2)c2cc(OC(F)(F)F)ccc21.[Co]. The molecule has 1 heterocycles. The summed E-state index contributed by atoms with van der Waals surface area (Å²) in [5.41, 5.74) is 3.29. The van der Waals surface area contributed by atoms with E-state index in [4.69, 9.17) is 0 Å². The third-order valence-corrected chi connectivity index (χ3v) is 6.14. The van der Waals surface area contributed by atoms with E-state index in [1.54, 1.807) is 36.4 Å². The summed E-state index contributed by atoms with van der Waals surface area (Å²) >= 11 is 0. The van der Waals surface area contributed by atoms with E-state index < -0.39 is 11.8 Å². The van der Waals surface area contributed by atoms with Crippen molar-refractivity contribution < 1.29 is 39.8 Å². The molecule has 0 saturated heterocycles. The van der Waals surface area contributed by atoms with E-state index in [2.05, 4.69) is 14.9 Å². The van der Waals surface area contributed by atoms with Crippen molar-refractivity contribution in [3.8, 4) is 5.75 Å². The van der Waals surface area contributed by atoms with Gasteiger partial charge in [-0.3, -0.25) is 0 Å². The van der Waals surface area contributed by atoms with Crippen LogP contribution in [0.3, 0.4) is 0 Å². The van der Waals surface area contributed by atoms with Crippen molar-refractivity contribution >= 4 is 17.8 Å². The van der Waals surface area contributed by atoms with E-state index in [0.29, 0.717) is 18.5 Å². The Morgan fingerprint density at radius 3 is 2.30 bits per heavy atom. The van der Waals surface area contributed by atoms with Crippen LogP contribution in [0.25, 0.3) is 0 Å². The fourth-order valence-corrected chi connectivity index (χ4v) is 4.60. The monoisotopic (exact) mass is 552 g/mol. The summed E-state index contributed by atoms with van der Waals surface area (Å²) in [6.07, 6.45) is -0.958. The third kappa shape index (κ3) is 6.42. The van der Waals surface area contributed by atoms with E-state index in [0.717, 1.165) is 22.5 Å². The number of hydrogen-bond acceptors (Lipinski definition) is 4. The first-order valence-electron chi connectivity index (χ1n) is 11.5. The van der Waals surface area contributed by atoms with Gasteiger partial charge in [0.15, 0.2) is 0 Å². The van der Waals surface area contributed by atoms with Gasteiger partial charge in [0.25, 0.3) is 0 Å². The van der Waals surface area contributed by atoms with Gasteiger partial charge in [0.2, 0.25) is 5.90 Å². The normalized spacial score (nSPS) is 18.7. The van der Waals surface area contributed by atoms with Gasteiger partial charge in [-0.25, -0.2) is 0 Å². The van der Waals surface area contributed by atoms with Gasteiger partial charge in [-0.1, -0.05) is 48.5 Å². The third-order valence-electron chi connectivity index (χ3n) is 6.14. The molecule has 1 atom stereocenters. The molecule has 3 aromatic carbocycles. The van der Waals surface area contributed by atoms with Crippen LogP contribution in [-0.4, -0.2) is 30.1 Å². The Kier molecular flexibility index (Phi) is 8.83. The summed E-state index contributed by atoms with van der Waals surface area (Å²) in [6, 6.07) is 23.1. The molecule has 0 fully saturated rings. The van der Waals surface area contributed by atoms with Gasteiger partial charge in [0.05, 0.1) is 6.21 Å². The molecule has 1 unspecified atom stereocenters. The van der Waals surface area contributed by atoms with Gasteiger partial charge in [-0.15, -0.1) is 18.3 Å². The molecule has 0 amide bonds. The van der Waals surface area contributed by atoms with Crippen LogP contribution in [0.2, 0.25) is 0 Å². The fourth-order valence-electron chi connectivity index (χ4n) is 4.60. The van der Waals surface area contributed by atoms with Crippen LogP contribution in [0.1, 0.15) is 30.5 Å². The van der Waals surface area contributed by atoms with E-state index in [1.807, 2.05) is 55.1 Å². The van der Waals surface area contributed by atoms with Crippen molar-refractivity contribution in [1.29, 1.82) is 0 Å². The van der Waals surface area contributed by atoms with Crippen molar-refractivity contribution in [3.05, 3.63) is 107 Å². The van der Waals surface area contributed by atoms with Crippen LogP contribution in [-0.2, 0) is 28.6 Å². The minimum Gasteiger partial charge on any atom is -0.492 e. The van der Waals surface area contributed by atoms with Gasteiger partial charge in [0.1, 0.15) is 5.75 Å². The number of alkyl halides is 3. The molecule has 5 nitrogen and oxygen atoms in total. The fraction of sp³-hybridized carbons (Fsp3) is 0.214. The molecule has 195 valence electrons. The number of halogens is 3. The van der Waals surface area contributed by atoms with Crippen LogP contribution < -0.4 is 9.64 Å². The molecular weight excluding hydrogens is 526 g/mol. The van der Waals surface area contributed by atoms with Gasteiger partial charge in [-0.2, -0.15) is 5.10 Å². The first-order valence-corrected chi connectivity index (χ1v) is 11.5. The molecule has 4 rings (SSSR count). The summed E-state index contributed by atoms with van der Waals surface area (Å²) in [6.45, 7) is 4.56. The molecular formula is C28H26CoF3N3O2. The number of benzene rings is 3. The summed E-state index contributed by atoms with van der Waals surface area (Å²) in [7, 11) is 0. The second-order valence-corrected chi connectivity index (χ2v) is 8.57. The Balaban J connectivity index is 0.00000380. The first-order chi connectivity index (χ1) is 17.2. The Morgan fingerprint density at radius 2 is 1.68 bits per heavy atom. The van der Waals surface area contributed by atoms with Crippen molar-refractivity contribution in [1.82, 2.24) is 0 Å². The maximum absolute atomic E-state index is 13.0.